The third kappa shape index (κ3) is 1.87. The van der Waals surface area contributed by atoms with E-state index in [1.54, 1.807) is 18.5 Å². The average molecular weight is 269 g/mol. The van der Waals surface area contributed by atoms with Crippen molar-refractivity contribution in [2.75, 3.05) is 0 Å². The van der Waals surface area contributed by atoms with Crippen molar-refractivity contribution < 1.29 is 10.2 Å². The second-order valence-corrected chi connectivity index (χ2v) is 4.97. The van der Waals surface area contributed by atoms with Gasteiger partial charge in [-0.1, -0.05) is 0 Å². The maximum atomic E-state index is 9.67. The van der Waals surface area contributed by atoms with E-state index < -0.39 is 0 Å². The maximum Gasteiger partial charge on any atom is 0.158 e. The highest BCUT2D eigenvalue weighted by Gasteiger charge is 2.15. The highest BCUT2D eigenvalue weighted by molar-refractivity contribution is 5.80. The summed E-state index contributed by atoms with van der Waals surface area (Å²) in [6.07, 6.45) is 3.46. The Bertz CT molecular complexity index is 778. The first kappa shape index (κ1) is 12.5. The first-order valence-electron chi connectivity index (χ1n) is 6.42. The van der Waals surface area contributed by atoms with E-state index in [9.17, 15) is 10.2 Å². The van der Waals surface area contributed by atoms with Crippen LogP contribution in [-0.2, 0) is 0 Å². The summed E-state index contributed by atoms with van der Waals surface area (Å²) >= 11 is 0. The van der Waals surface area contributed by atoms with E-state index in [-0.39, 0.29) is 17.5 Å². The van der Waals surface area contributed by atoms with Crippen LogP contribution < -0.4 is 0 Å². The van der Waals surface area contributed by atoms with Crippen molar-refractivity contribution in [1.29, 1.82) is 0 Å². The van der Waals surface area contributed by atoms with Crippen molar-refractivity contribution in [2.24, 2.45) is 0 Å². The highest BCUT2D eigenvalue weighted by Crippen LogP contribution is 2.33. The van der Waals surface area contributed by atoms with E-state index in [1.165, 1.54) is 12.1 Å². The lowest BCUT2D eigenvalue weighted by Gasteiger charge is -2.13. The standard InChI is InChI=1S/C15H15N3O2/c1-9(2)18-12-5-6-16-8-11(12)17-15(18)10-3-4-13(19)14(20)7-10/h3-9,19-20H,1-2H3. The number of hydrogen-bond donors (Lipinski definition) is 2. The van der Waals surface area contributed by atoms with Gasteiger partial charge in [0.1, 0.15) is 11.3 Å². The van der Waals surface area contributed by atoms with Gasteiger partial charge in [0.2, 0.25) is 0 Å². The highest BCUT2D eigenvalue weighted by atomic mass is 16.3. The second kappa shape index (κ2) is 4.52. The van der Waals surface area contributed by atoms with Crippen molar-refractivity contribution in [3.63, 3.8) is 0 Å². The molecule has 0 fully saturated rings. The molecule has 2 heterocycles. The van der Waals surface area contributed by atoms with E-state index in [0.29, 0.717) is 0 Å². The Morgan fingerprint density at radius 3 is 2.60 bits per heavy atom. The Morgan fingerprint density at radius 1 is 1.10 bits per heavy atom. The third-order valence-electron chi connectivity index (χ3n) is 3.24. The molecule has 2 aromatic heterocycles. The minimum Gasteiger partial charge on any atom is -0.504 e. The van der Waals surface area contributed by atoms with Crippen molar-refractivity contribution in [3.05, 3.63) is 36.7 Å². The number of phenols is 2. The number of rotatable bonds is 2. The Balaban J connectivity index is 2.29. The van der Waals surface area contributed by atoms with E-state index in [4.69, 9.17) is 0 Å². The summed E-state index contributed by atoms with van der Waals surface area (Å²) < 4.78 is 2.09. The molecule has 1 aromatic carbocycles. The van der Waals surface area contributed by atoms with Crippen molar-refractivity contribution >= 4 is 11.0 Å². The summed E-state index contributed by atoms with van der Waals surface area (Å²) in [7, 11) is 0. The number of imidazole rings is 1. The summed E-state index contributed by atoms with van der Waals surface area (Å²) in [5.74, 6) is 0.462. The van der Waals surface area contributed by atoms with E-state index in [1.807, 2.05) is 6.07 Å². The van der Waals surface area contributed by atoms with Gasteiger partial charge in [0.25, 0.3) is 0 Å². The Morgan fingerprint density at radius 2 is 1.90 bits per heavy atom. The molecule has 2 N–H and O–H groups in total. The lowest BCUT2D eigenvalue weighted by molar-refractivity contribution is 0.404. The average Bonchev–Trinajstić information content (AvgIpc) is 2.81. The van der Waals surface area contributed by atoms with Crippen molar-refractivity contribution in [3.8, 4) is 22.9 Å². The molecular weight excluding hydrogens is 254 g/mol. The molecule has 0 bridgehead atoms. The molecule has 5 heteroatoms. The van der Waals surface area contributed by atoms with Gasteiger partial charge in [-0.25, -0.2) is 4.98 Å². The predicted molar refractivity (Wildman–Crippen MR) is 76.7 cm³/mol. The number of aromatic nitrogens is 3. The second-order valence-electron chi connectivity index (χ2n) is 4.97. The van der Waals surface area contributed by atoms with E-state index >= 15 is 0 Å². The van der Waals surface area contributed by atoms with Gasteiger partial charge in [0, 0.05) is 17.8 Å². The molecule has 0 amide bonds. The third-order valence-corrected chi connectivity index (χ3v) is 3.24. The number of benzene rings is 1. The molecule has 0 aliphatic heterocycles. The molecule has 0 unspecified atom stereocenters. The van der Waals surface area contributed by atoms with Crippen LogP contribution in [0.1, 0.15) is 19.9 Å². The van der Waals surface area contributed by atoms with Gasteiger partial charge in [-0.2, -0.15) is 0 Å². The van der Waals surface area contributed by atoms with Gasteiger partial charge in [0.05, 0.1) is 11.7 Å². The van der Waals surface area contributed by atoms with Crippen LogP contribution in [0.4, 0.5) is 0 Å². The van der Waals surface area contributed by atoms with Gasteiger partial charge < -0.3 is 14.8 Å². The first-order chi connectivity index (χ1) is 9.58. The zero-order valence-electron chi connectivity index (χ0n) is 11.3. The topological polar surface area (TPSA) is 71.2 Å². The molecule has 5 nitrogen and oxygen atoms in total. The molecule has 0 aliphatic rings. The largest absolute Gasteiger partial charge is 0.504 e. The quantitative estimate of drug-likeness (QED) is 0.701. The number of pyridine rings is 1. The number of aromatic hydroxyl groups is 2. The Kier molecular flexibility index (Phi) is 2.82. The molecule has 0 saturated heterocycles. The SMILES string of the molecule is CC(C)n1c(-c2ccc(O)c(O)c2)nc2cnccc21. The fourth-order valence-electron chi connectivity index (χ4n) is 2.34. The fourth-order valence-corrected chi connectivity index (χ4v) is 2.34. The van der Waals surface area contributed by atoms with E-state index in [0.717, 1.165) is 22.4 Å². The lowest BCUT2D eigenvalue weighted by Crippen LogP contribution is -2.03. The normalized spacial score (nSPS) is 11.3. The van der Waals surface area contributed by atoms with Crippen LogP contribution in [0.5, 0.6) is 11.5 Å². The van der Waals surface area contributed by atoms with Gasteiger partial charge in [-0.05, 0) is 38.1 Å². The van der Waals surface area contributed by atoms with Crippen LogP contribution >= 0.6 is 0 Å². The number of phenolic OH excluding ortho intramolecular Hbond substituents is 2. The Hall–Kier alpha value is -2.56. The van der Waals surface area contributed by atoms with Gasteiger partial charge in [-0.15, -0.1) is 0 Å². The van der Waals surface area contributed by atoms with Crippen LogP contribution in [0.15, 0.2) is 36.7 Å². The van der Waals surface area contributed by atoms with Crippen LogP contribution in [0.25, 0.3) is 22.4 Å². The molecule has 20 heavy (non-hydrogen) atoms. The predicted octanol–water partition coefficient (Wildman–Crippen LogP) is 3.09. The molecule has 0 spiro atoms. The van der Waals surface area contributed by atoms with Crippen LogP contribution in [-0.4, -0.2) is 24.7 Å². The van der Waals surface area contributed by atoms with E-state index in [2.05, 4.69) is 28.4 Å². The van der Waals surface area contributed by atoms with Gasteiger partial charge >= 0.3 is 0 Å². The molecule has 0 aliphatic carbocycles. The van der Waals surface area contributed by atoms with Crippen molar-refractivity contribution in [1.82, 2.24) is 14.5 Å². The zero-order chi connectivity index (χ0) is 14.3. The molecular formula is C15H15N3O2. The first-order valence-corrected chi connectivity index (χ1v) is 6.42. The van der Waals surface area contributed by atoms with Crippen LogP contribution in [0.2, 0.25) is 0 Å². The van der Waals surface area contributed by atoms with Crippen LogP contribution in [0, 0.1) is 0 Å². The molecule has 0 atom stereocenters. The van der Waals surface area contributed by atoms with Crippen molar-refractivity contribution in [2.45, 2.75) is 19.9 Å². The minimum atomic E-state index is -0.150. The monoisotopic (exact) mass is 269 g/mol. The summed E-state index contributed by atoms with van der Waals surface area (Å²) in [5.41, 5.74) is 2.56. The number of nitrogens with zero attached hydrogens (tertiary/aromatic N) is 3. The molecule has 3 aromatic rings. The smallest absolute Gasteiger partial charge is 0.158 e. The molecule has 3 rings (SSSR count). The maximum absolute atomic E-state index is 9.67. The molecule has 0 saturated carbocycles. The summed E-state index contributed by atoms with van der Waals surface area (Å²) in [6, 6.07) is 6.86. The Labute approximate surface area is 116 Å². The number of fused-ring (bicyclic) bond motifs is 1. The lowest BCUT2D eigenvalue weighted by atomic mass is 10.2. The fraction of sp³-hybridized carbons (Fsp3) is 0.200. The number of hydrogen-bond acceptors (Lipinski definition) is 4. The van der Waals surface area contributed by atoms with Gasteiger partial charge in [-0.3, -0.25) is 4.98 Å². The summed E-state index contributed by atoms with van der Waals surface area (Å²) in [6.45, 7) is 4.15. The summed E-state index contributed by atoms with van der Waals surface area (Å²) in [5, 5.41) is 19.1. The van der Waals surface area contributed by atoms with Crippen LogP contribution in [0.3, 0.4) is 0 Å². The molecule has 102 valence electrons. The zero-order valence-corrected chi connectivity index (χ0v) is 11.3. The van der Waals surface area contributed by atoms with Gasteiger partial charge in [0.15, 0.2) is 11.5 Å². The minimum absolute atomic E-state index is 0.136. The summed E-state index contributed by atoms with van der Waals surface area (Å²) in [4.78, 5) is 8.67. The molecule has 0 radical (unpaired) electrons.